The highest BCUT2D eigenvalue weighted by molar-refractivity contribution is 5.37. The van der Waals surface area contributed by atoms with Gasteiger partial charge in [-0.05, 0) is 47.5 Å². The molecule has 0 heterocycles. The smallest absolute Gasteiger partial charge is 0.00165 e. The molecule has 4 aliphatic carbocycles. The second-order valence-electron chi connectivity index (χ2n) is 6.41. The first kappa shape index (κ1) is 9.69. The molecule has 2 unspecified atom stereocenters. The van der Waals surface area contributed by atoms with E-state index in [1.807, 2.05) is 0 Å². The molecular weight excluding hydrogens is 180 g/mol. The lowest BCUT2D eigenvalue weighted by atomic mass is 9.41. The first-order chi connectivity index (χ1) is 7.11. The van der Waals surface area contributed by atoms with E-state index in [1.165, 1.54) is 32.1 Å². The Morgan fingerprint density at radius 3 is 2.53 bits per heavy atom. The molecule has 0 aromatic carbocycles. The van der Waals surface area contributed by atoms with Crippen LogP contribution >= 0.6 is 0 Å². The maximum atomic E-state index is 4.04. The lowest BCUT2D eigenvalue weighted by Gasteiger charge is -2.63. The summed E-state index contributed by atoms with van der Waals surface area (Å²) in [7, 11) is 0. The highest BCUT2D eigenvalue weighted by atomic mass is 14.6. The Balaban J connectivity index is 2.08. The van der Waals surface area contributed by atoms with E-state index in [9.17, 15) is 0 Å². The van der Waals surface area contributed by atoms with Crippen molar-refractivity contribution in [1.29, 1.82) is 0 Å². The molecule has 0 nitrogen and oxygen atoms in total. The molecule has 0 saturated heterocycles. The van der Waals surface area contributed by atoms with Gasteiger partial charge in [-0.3, -0.25) is 0 Å². The molecule has 82 valence electrons. The monoisotopic (exact) mass is 202 g/mol. The van der Waals surface area contributed by atoms with Gasteiger partial charge < -0.3 is 0 Å². The zero-order chi connectivity index (χ0) is 10.7. The third-order valence-corrected chi connectivity index (χ3v) is 5.68. The lowest BCUT2D eigenvalue weighted by molar-refractivity contribution is -0.0809. The first-order valence-electron chi connectivity index (χ1n) is 6.46. The Morgan fingerprint density at radius 2 is 2.00 bits per heavy atom. The highest BCUT2D eigenvalue weighted by Gasteiger charge is 2.61. The number of allylic oxidation sites excluding steroid dienone is 3. The fourth-order valence-electron chi connectivity index (χ4n) is 4.68. The molecule has 0 radical (unpaired) electrons. The van der Waals surface area contributed by atoms with Crippen molar-refractivity contribution < 1.29 is 0 Å². The zero-order valence-electron chi connectivity index (χ0n) is 10.1. The normalized spacial score (nSPS) is 39.7. The molecule has 4 rings (SSSR count). The van der Waals surface area contributed by atoms with Gasteiger partial charge in [0.2, 0.25) is 0 Å². The van der Waals surface area contributed by atoms with Crippen molar-refractivity contribution in [2.24, 2.45) is 22.7 Å². The predicted octanol–water partition coefficient (Wildman–Crippen LogP) is 4.34. The van der Waals surface area contributed by atoms with Crippen LogP contribution in [0, 0.1) is 22.7 Å². The summed E-state index contributed by atoms with van der Waals surface area (Å²) < 4.78 is 0. The lowest BCUT2D eigenvalue weighted by Crippen LogP contribution is -2.56. The van der Waals surface area contributed by atoms with Crippen LogP contribution in [-0.4, -0.2) is 0 Å². The molecular formula is C15H22. The van der Waals surface area contributed by atoms with E-state index in [4.69, 9.17) is 0 Å². The van der Waals surface area contributed by atoms with Gasteiger partial charge in [0.1, 0.15) is 0 Å². The van der Waals surface area contributed by atoms with Crippen LogP contribution < -0.4 is 0 Å². The minimum absolute atomic E-state index is 0.542. The van der Waals surface area contributed by atoms with Crippen molar-refractivity contribution in [3.05, 3.63) is 24.3 Å². The minimum Gasteiger partial charge on any atom is -0.0988 e. The van der Waals surface area contributed by atoms with E-state index in [1.54, 1.807) is 5.57 Å². The van der Waals surface area contributed by atoms with Gasteiger partial charge in [-0.25, -0.2) is 0 Å². The number of hydrogen-bond acceptors (Lipinski definition) is 0. The van der Waals surface area contributed by atoms with E-state index in [-0.39, 0.29) is 0 Å². The van der Waals surface area contributed by atoms with Crippen molar-refractivity contribution in [3.63, 3.8) is 0 Å². The van der Waals surface area contributed by atoms with Crippen LogP contribution in [0.5, 0.6) is 0 Å². The summed E-state index contributed by atoms with van der Waals surface area (Å²) in [5.74, 6) is 1.78. The molecule has 2 atom stereocenters. The summed E-state index contributed by atoms with van der Waals surface area (Å²) in [5, 5.41) is 0. The second-order valence-corrected chi connectivity index (χ2v) is 6.41. The van der Waals surface area contributed by atoms with Crippen molar-refractivity contribution >= 4 is 0 Å². The Morgan fingerprint density at radius 1 is 1.33 bits per heavy atom. The molecule has 2 bridgehead atoms. The fraction of sp³-hybridized carbons (Fsp3) is 0.733. The molecule has 4 aliphatic rings. The summed E-state index contributed by atoms with van der Waals surface area (Å²) in [5.41, 5.74) is 2.71. The molecule has 0 heteroatoms. The van der Waals surface area contributed by atoms with Gasteiger partial charge in [0.05, 0.1) is 0 Å². The molecule has 0 amide bonds. The first-order valence-corrected chi connectivity index (χ1v) is 6.46. The SMILES string of the molecule is C=CC1=CC2CC(C13CCCC3)C2(C)C. The quantitative estimate of drug-likeness (QED) is 0.593. The summed E-state index contributed by atoms with van der Waals surface area (Å²) in [6, 6.07) is 0. The highest BCUT2D eigenvalue weighted by Crippen LogP contribution is 2.69. The summed E-state index contributed by atoms with van der Waals surface area (Å²) in [6.45, 7) is 8.99. The molecule has 2 saturated carbocycles. The van der Waals surface area contributed by atoms with Gasteiger partial charge in [-0.15, -0.1) is 0 Å². The maximum absolute atomic E-state index is 4.04. The van der Waals surface area contributed by atoms with Crippen molar-refractivity contribution in [3.8, 4) is 0 Å². The third kappa shape index (κ3) is 0.984. The summed E-state index contributed by atoms with van der Waals surface area (Å²) >= 11 is 0. The molecule has 0 aromatic heterocycles. The van der Waals surface area contributed by atoms with Crippen molar-refractivity contribution in [2.75, 3.05) is 0 Å². The van der Waals surface area contributed by atoms with Gasteiger partial charge in [0.25, 0.3) is 0 Å². The average Bonchev–Trinajstić information content (AvgIpc) is 2.66. The van der Waals surface area contributed by atoms with E-state index in [2.05, 4.69) is 32.6 Å². The van der Waals surface area contributed by atoms with E-state index >= 15 is 0 Å². The molecule has 0 aromatic rings. The van der Waals surface area contributed by atoms with Gasteiger partial charge in [0, 0.05) is 0 Å². The Kier molecular flexibility index (Phi) is 1.80. The summed E-state index contributed by atoms with van der Waals surface area (Å²) in [6.07, 6.45) is 11.9. The Bertz CT molecular complexity index is 326. The molecule has 0 N–H and O–H groups in total. The van der Waals surface area contributed by atoms with Gasteiger partial charge in [-0.1, -0.05) is 45.4 Å². The molecule has 15 heavy (non-hydrogen) atoms. The topological polar surface area (TPSA) is 0 Å². The van der Waals surface area contributed by atoms with E-state index in [0.29, 0.717) is 10.8 Å². The molecule has 0 aliphatic heterocycles. The fourth-order valence-corrected chi connectivity index (χ4v) is 4.68. The van der Waals surface area contributed by atoms with Crippen LogP contribution in [0.3, 0.4) is 0 Å². The van der Waals surface area contributed by atoms with Gasteiger partial charge >= 0.3 is 0 Å². The van der Waals surface area contributed by atoms with Crippen LogP contribution in [-0.2, 0) is 0 Å². The van der Waals surface area contributed by atoms with Crippen LogP contribution in [0.25, 0.3) is 0 Å². The number of hydrogen-bond donors (Lipinski definition) is 0. The van der Waals surface area contributed by atoms with Crippen LogP contribution in [0.15, 0.2) is 24.3 Å². The maximum Gasteiger partial charge on any atom is -0.00165 e. The summed E-state index contributed by atoms with van der Waals surface area (Å²) in [4.78, 5) is 0. The predicted molar refractivity (Wildman–Crippen MR) is 64.6 cm³/mol. The number of rotatable bonds is 1. The van der Waals surface area contributed by atoms with Crippen LogP contribution in [0.1, 0.15) is 46.0 Å². The minimum atomic E-state index is 0.542. The Labute approximate surface area is 93.5 Å². The van der Waals surface area contributed by atoms with Gasteiger partial charge in [-0.2, -0.15) is 0 Å². The molecule has 1 spiro atoms. The standard InChI is InChI=1S/C15H22/c1-4-11-9-12-10-13(14(12,2)3)15(11)7-5-6-8-15/h4,9,12-13H,1,5-8,10H2,2-3H3. The van der Waals surface area contributed by atoms with Crippen LogP contribution in [0.4, 0.5) is 0 Å². The van der Waals surface area contributed by atoms with E-state index in [0.717, 1.165) is 11.8 Å². The Hall–Kier alpha value is -0.520. The van der Waals surface area contributed by atoms with Crippen molar-refractivity contribution in [1.82, 2.24) is 0 Å². The second kappa shape index (κ2) is 2.78. The third-order valence-electron chi connectivity index (χ3n) is 5.68. The average molecular weight is 202 g/mol. The largest absolute Gasteiger partial charge is 0.0988 e. The van der Waals surface area contributed by atoms with Crippen molar-refractivity contribution in [2.45, 2.75) is 46.0 Å². The van der Waals surface area contributed by atoms with Crippen LogP contribution in [0.2, 0.25) is 0 Å². The van der Waals surface area contributed by atoms with E-state index < -0.39 is 0 Å². The zero-order valence-corrected chi connectivity index (χ0v) is 10.1. The molecule has 2 fully saturated rings. The van der Waals surface area contributed by atoms with Gasteiger partial charge in [0.15, 0.2) is 0 Å².